The zero-order chi connectivity index (χ0) is 15.4. The van der Waals surface area contributed by atoms with Gasteiger partial charge in [0.2, 0.25) is 10.0 Å². The van der Waals surface area contributed by atoms with E-state index in [2.05, 4.69) is 4.72 Å². The predicted molar refractivity (Wildman–Crippen MR) is 73.9 cm³/mol. The fourth-order valence-corrected chi connectivity index (χ4v) is 3.03. The maximum absolute atomic E-state index is 12.2. The summed E-state index contributed by atoms with van der Waals surface area (Å²) in [6.07, 6.45) is 0.289. The number of sulfonamides is 1. The molecule has 1 aromatic rings. The number of carboxylic acid groups (broad SMARTS) is 1. The minimum atomic E-state index is -3.74. The minimum Gasteiger partial charge on any atom is -0.481 e. The van der Waals surface area contributed by atoms with E-state index >= 15 is 0 Å². The van der Waals surface area contributed by atoms with Gasteiger partial charge in [0.15, 0.2) is 0 Å². The summed E-state index contributed by atoms with van der Waals surface area (Å²) in [6, 6.07) is 5.64. The van der Waals surface area contributed by atoms with Gasteiger partial charge in [-0.15, -0.1) is 0 Å². The molecule has 1 atom stereocenters. The van der Waals surface area contributed by atoms with Crippen LogP contribution in [0.3, 0.4) is 0 Å². The van der Waals surface area contributed by atoms with Crippen LogP contribution in [0, 0.1) is 0 Å². The average Bonchev–Trinajstić information content (AvgIpc) is 2.38. The summed E-state index contributed by atoms with van der Waals surface area (Å²) in [4.78, 5) is 10.6. The molecule has 3 N–H and O–H groups in total. The second-order valence-corrected chi connectivity index (χ2v) is 6.57. The van der Waals surface area contributed by atoms with E-state index in [-0.39, 0.29) is 17.9 Å². The number of hydrogen-bond donors (Lipinski definition) is 3. The van der Waals surface area contributed by atoms with Crippen LogP contribution >= 0.6 is 0 Å². The topological polar surface area (TPSA) is 104 Å². The van der Waals surface area contributed by atoms with Crippen LogP contribution in [0.2, 0.25) is 0 Å². The molecule has 1 aromatic carbocycles. The van der Waals surface area contributed by atoms with E-state index < -0.39 is 21.5 Å². The van der Waals surface area contributed by atoms with E-state index in [0.29, 0.717) is 12.0 Å². The molecule has 0 heterocycles. The number of hydrogen-bond acceptors (Lipinski definition) is 4. The van der Waals surface area contributed by atoms with Gasteiger partial charge in [0.25, 0.3) is 0 Å². The number of carbonyl (C=O) groups is 1. The highest BCUT2D eigenvalue weighted by Crippen LogP contribution is 2.16. The zero-order valence-electron chi connectivity index (χ0n) is 11.5. The largest absolute Gasteiger partial charge is 0.481 e. The number of rotatable bonds is 7. The third-order valence-corrected chi connectivity index (χ3v) is 4.75. The first-order valence-corrected chi connectivity index (χ1v) is 7.66. The third-order valence-electron chi connectivity index (χ3n) is 3.10. The quantitative estimate of drug-likeness (QED) is 0.689. The predicted octanol–water partition coefficient (Wildman–Crippen LogP) is 0.753. The van der Waals surface area contributed by atoms with Crippen molar-refractivity contribution in [3.8, 4) is 0 Å². The van der Waals surface area contributed by atoms with Gasteiger partial charge in [-0.3, -0.25) is 4.79 Å². The maximum Gasteiger partial charge on any atom is 0.307 e. The first-order valence-electron chi connectivity index (χ1n) is 6.18. The van der Waals surface area contributed by atoms with Gasteiger partial charge < -0.3 is 10.2 Å². The molecular formula is C13H19NO5S. The van der Waals surface area contributed by atoms with Crippen molar-refractivity contribution in [2.45, 2.75) is 37.1 Å². The highest BCUT2D eigenvalue weighted by Gasteiger charge is 2.28. The van der Waals surface area contributed by atoms with E-state index in [1.54, 1.807) is 13.8 Å². The normalized spacial score (nSPS) is 14.8. The Morgan fingerprint density at radius 1 is 1.30 bits per heavy atom. The molecule has 1 unspecified atom stereocenters. The second-order valence-electron chi connectivity index (χ2n) is 4.89. The fourth-order valence-electron chi connectivity index (χ4n) is 1.56. The van der Waals surface area contributed by atoms with Crippen LogP contribution in [0.5, 0.6) is 0 Å². The summed E-state index contributed by atoms with van der Waals surface area (Å²) in [7, 11) is -3.74. The van der Waals surface area contributed by atoms with E-state index in [1.165, 1.54) is 24.3 Å². The van der Waals surface area contributed by atoms with Crippen LogP contribution < -0.4 is 4.72 Å². The number of aliphatic hydroxyl groups is 1. The summed E-state index contributed by atoms with van der Waals surface area (Å²) < 4.78 is 26.8. The fraction of sp³-hybridized carbons (Fsp3) is 0.462. The van der Waals surface area contributed by atoms with Gasteiger partial charge in [0.1, 0.15) is 0 Å². The Morgan fingerprint density at radius 3 is 2.25 bits per heavy atom. The monoisotopic (exact) mass is 301 g/mol. The minimum absolute atomic E-state index is 0.0414. The molecule has 0 aliphatic carbocycles. The molecule has 6 nitrogen and oxygen atoms in total. The van der Waals surface area contributed by atoms with Crippen LogP contribution in [-0.2, 0) is 21.2 Å². The van der Waals surface area contributed by atoms with Gasteiger partial charge in [-0.25, -0.2) is 13.1 Å². The molecule has 20 heavy (non-hydrogen) atoms. The van der Waals surface area contributed by atoms with Gasteiger partial charge in [0.05, 0.1) is 23.5 Å². The van der Waals surface area contributed by atoms with Crippen molar-refractivity contribution in [1.29, 1.82) is 0 Å². The number of aliphatic carboxylic acids is 1. The van der Waals surface area contributed by atoms with Gasteiger partial charge in [-0.1, -0.05) is 19.1 Å². The molecule has 7 heteroatoms. The Labute approximate surface area is 118 Å². The van der Waals surface area contributed by atoms with E-state index in [4.69, 9.17) is 5.11 Å². The number of carboxylic acids is 1. The first kappa shape index (κ1) is 16.6. The lowest BCUT2D eigenvalue weighted by Crippen LogP contribution is -2.48. The molecule has 0 aliphatic rings. The standard InChI is InChI=1S/C13H19NO5S/c1-3-13(2,9-15)14-20(18,19)11-6-4-10(5-7-11)8-12(16)17/h4-7,14-15H,3,8-9H2,1-2H3,(H,16,17). The first-order chi connectivity index (χ1) is 9.22. The Hall–Kier alpha value is -1.44. The Kier molecular flexibility index (Phi) is 5.27. The summed E-state index contributed by atoms with van der Waals surface area (Å²) in [6.45, 7) is 3.08. The van der Waals surface area contributed by atoms with Crippen molar-refractivity contribution in [2.75, 3.05) is 6.61 Å². The third kappa shape index (κ3) is 4.29. The van der Waals surface area contributed by atoms with Crippen LogP contribution in [0.25, 0.3) is 0 Å². The van der Waals surface area contributed by atoms with Gasteiger partial charge in [0, 0.05) is 0 Å². The van der Waals surface area contributed by atoms with Crippen LogP contribution in [0.1, 0.15) is 25.8 Å². The van der Waals surface area contributed by atoms with Crippen molar-refractivity contribution in [1.82, 2.24) is 4.72 Å². The zero-order valence-corrected chi connectivity index (χ0v) is 12.3. The smallest absolute Gasteiger partial charge is 0.307 e. The number of aliphatic hydroxyl groups excluding tert-OH is 1. The molecule has 0 amide bonds. The maximum atomic E-state index is 12.2. The van der Waals surface area contributed by atoms with Crippen molar-refractivity contribution >= 4 is 16.0 Å². The van der Waals surface area contributed by atoms with E-state index in [9.17, 15) is 18.3 Å². The van der Waals surface area contributed by atoms with E-state index in [0.717, 1.165) is 0 Å². The Morgan fingerprint density at radius 2 is 1.85 bits per heavy atom. The average molecular weight is 301 g/mol. The molecule has 112 valence electrons. The molecule has 1 rings (SSSR count). The molecular weight excluding hydrogens is 282 g/mol. The second kappa shape index (κ2) is 6.34. The lowest BCUT2D eigenvalue weighted by molar-refractivity contribution is -0.136. The lowest BCUT2D eigenvalue weighted by Gasteiger charge is -2.26. The Balaban J connectivity index is 2.96. The highest BCUT2D eigenvalue weighted by molar-refractivity contribution is 7.89. The van der Waals surface area contributed by atoms with Crippen molar-refractivity contribution in [2.24, 2.45) is 0 Å². The van der Waals surface area contributed by atoms with Crippen LogP contribution in [0.15, 0.2) is 29.2 Å². The molecule has 0 saturated carbocycles. The molecule has 0 radical (unpaired) electrons. The molecule has 0 fully saturated rings. The van der Waals surface area contributed by atoms with Crippen LogP contribution in [0.4, 0.5) is 0 Å². The lowest BCUT2D eigenvalue weighted by atomic mass is 10.0. The van der Waals surface area contributed by atoms with Gasteiger partial charge in [-0.05, 0) is 31.0 Å². The summed E-state index contributed by atoms with van der Waals surface area (Å²) in [5.74, 6) is -0.974. The number of benzene rings is 1. The van der Waals surface area contributed by atoms with Crippen molar-refractivity contribution in [3.63, 3.8) is 0 Å². The molecule has 0 spiro atoms. The van der Waals surface area contributed by atoms with Gasteiger partial charge in [-0.2, -0.15) is 0 Å². The molecule has 0 bridgehead atoms. The van der Waals surface area contributed by atoms with E-state index in [1.807, 2.05) is 0 Å². The SMILES string of the molecule is CCC(C)(CO)NS(=O)(=O)c1ccc(CC(=O)O)cc1. The van der Waals surface area contributed by atoms with Gasteiger partial charge >= 0.3 is 5.97 Å². The molecule has 0 aliphatic heterocycles. The van der Waals surface area contributed by atoms with Crippen molar-refractivity contribution in [3.05, 3.63) is 29.8 Å². The summed E-state index contributed by atoms with van der Waals surface area (Å²) in [5, 5.41) is 17.9. The molecule has 0 aromatic heterocycles. The highest BCUT2D eigenvalue weighted by atomic mass is 32.2. The Bertz CT molecular complexity index is 561. The molecule has 0 saturated heterocycles. The summed E-state index contributed by atoms with van der Waals surface area (Å²) in [5.41, 5.74) is -0.393. The van der Waals surface area contributed by atoms with Crippen LogP contribution in [-0.4, -0.2) is 36.7 Å². The van der Waals surface area contributed by atoms with Crippen molar-refractivity contribution < 1.29 is 23.4 Å². The number of nitrogens with one attached hydrogen (secondary N) is 1. The summed E-state index contributed by atoms with van der Waals surface area (Å²) >= 11 is 0.